The molecule has 0 saturated carbocycles. The molecule has 106 valence electrons. The standard InChI is InChI=1S/C13H18N6O/c1-9(2)6-12(14)13(20)16-10-4-3-5-11(7-10)19-8-15-17-18-19/h3-5,7-9,12H,6,14H2,1-2H3,(H,16,20). The van der Waals surface area contributed by atoms with Gasteiger partial charge in [0.15, 0.2) is 0 Å². The van der Waals surface area contributed by atoms with Crippen LogP contribution >= 0.6 is 0 Å². The summed E-state index contributed by atoms with van der Waals surface area (Å²) in [6.07, 6.45) is 2.14. The molecular weight excluding hydrogens is 256 g/mol. The summed E-state index contributed by atoms with van der Waals surface area (Å²) < 4.78 is 1.52. The molecule has 7 nitrogen and oxygen atoms in total. The van der Waals surface area contributed by atoms with E-state index in [9.17, 15) is 4.79 Å². The van der Waals surface area contributed by atoms with E-state index in [4.69, 9.17) is 5.73 Å². The lowest BCUT2D eigenvalue weighted by atomic mass is 10.0. The minimum absolute atomic E-state index is 0.187. The molecule has 0 fully saturated rings. The number of carbonyl (C=O) groups is 1. The molecule has 1 aromatic carbocycles. The Kier molecular flexibility index (Phi) is 4.41. The quantitative estimate of drug-likeness (QED) is 0.846. The number of nitrogens with two attached hydrogens (primary N) is 1. The van der Waals surface area contributed by atoms with Gasteiger partial charge in [-0.3, -0.25) is 4.79 Å². The van der Waals surface area contributed by atoms with Crippen LogP contribution in [0.15, 0.2) is 30.6 Å². The monoisotopic (exact) mass is 274 g/mol. The third-order valence-corrected chi connectivity index (χ3v) is 2.79. The highest BCUT2D eigenvalue weighted by atomic mass is 16.2. The molecule has 0 aliphatic heterocycles. The van der Waals surface area contributed by atoms with Crippen LogP contribution in [0, 0.1) is 5.92 Å². The first-order chi connectivity index (χ1) is 9.56. The van der Waals surface area contributed by atoms with E-state index in [0.717, 1.165) is 5.69 Å². The highest BCUT2D eigenvalue weighted by Crippen LogP contribution is 2.14. The molecule has 2 rings (SSSR count). The fourth-order valence-electron chi connectivity index (χ4n) is 1.86. The SMILES string of the molecule is CC(C)CC(N)C(=O)Nc1cccc(-n2cnnn2)c1. The summed E-state index contributed by atoms with van der Waals surface area (Å²) in [4.78, 5) is 12.0. The smallest absolute Gasteiger partial charge is 0.241 e. The summed E-state index contributed by atoms with van der Waals surface area (Å²) in [5.74, 6) is 0.191. The average Bonchev–Trinajstić information content (AvgIpc) is 2.92. The Hall–Kier alpha value is -2.28. The summed E-state index contributed by atoms with van der Waals surface area (Å²) in [7, 11) is 0. The van der Waals surface area contributed by atoms with Crippen molar-refractivity contribution in [2.45, 2.75) is 26.3 Å². The van der Waals surface area contributed by atoms with Crippen molar-refractivity contribution in [3.63, 3.8) is 0 Å². The first-order valence-electron chi connectivity index (χ1n) is 6.46. The molecule has 7 heteroatoms. The van der Waals surface area contributed by atoms with Gasteiger partial charge < -0.3 is 11.1 Å². The van der Waals surface area contributed by atoms with Gasteiger partial charge in [0.1, 0.15) is 6.33 Å². The van der Waals surface area contributed by atoms with Gasteiger partial charge in [0, 0.05) is 5.69 Å². The zero-order valence-corrected chi connectivity index (χ0v) is 11.5. The minimum Gasteiger partial charge on any atom is -0.325 e. The number of anilines is 1. The average molecular weight is 274 g/mol. The van der Waals surface area contributed by atoms with E-state index < -0.39 is 6.04 Å². The molecule has 2 aromatic rings. The summed E-state index contributed by atoms with van der Waals surface area (Å²) >= 11 is 0. The summed E-state index contributed by atoms with van der Waals surface area (Å²) in [5, 5.41) is 13.8. The molecule has 0 aliphatic carbocycles. The van der Waals surface area contributed by atoms with Crippen LogP contribution in [0.4, 0.5) is 5.69 Å². The normalized spacial score (nSPS) is 12.4. The Bertz CT molecular complexity index is 566. The molecule has 3 N–H and O–H groups in total. The van der Waals surface area contributed by atoms with E-state index in [2.05, 4.69) is 20.8 Å². The number of rotatable bonds is 5. The molecule has 0 bridgehead atoms. The molecule has 1 unspecified atom stereocenters. The summed E-state index contributed by atoms with van der Waals surface area (Å²) in [6.45, 7) is 4.07. The van der Waals surface area contributed by atoms with Crippen molar-refractivity contribution in [1.82, 2.24) is 20.2 Å². The third kappa shape index (κ3) is 3.61. The number of benzene rings is 1. The van der Waals surface area contributed by atoms with Gasteiger partial charge in [0.2, 0.25) is 5.91 Å². The van der Waals surface area contributed by atoms with Crippen LogP contribution < -0.4 is 11.1 Å². The van der Waals surface area contributed by atoms with Crippen molar-refractivity contribution in [1.29, 1.82) is 0 Å². The van der Waals surface area contributed by atoms with Crippen LogP contribution in [-0.4, -0.2) is 32.2 Å². The predicted molar refractivity (Wildman–Crippen MR) is 75.2 cm³/mol. The molecular formula is C13H18N6O. The first kappa shape index (κ1) is 14.1. The van der Waals surface area contributed by atoms with E-state index in [0.29, 0.717) is 18.0 Å². The number of hydrogen-bond acceptors (Lipinski definition) is 5. The van der Waals surface area contributed by atoms with Crippen molar-refractivity contribution in [2.75, 3.05) is 5.32 Å². The lowest BCUT2D eigenvalue weighted by Gasteiger charge is -2.14. The Morgan fingerprint density at radius 1 is 1.45 bits per heavy atom. The molecule has 20 heavy (non-hydrogen) atoms. The van der Waals surface area contributed by atoms with Crippen molar-refractivity contribution in [2.24, 2.45) is 11.7 Å². The molecule has 1 amide bonds. The highest BCUT2D eigenvalue weighted by Gasteiger charge is 2.15. The Labute approximate surface area is 117 Å². The number of tetrazole rings is 1. The second kappa shape index (κ2) is 6.25. The predicted octanol–water partition coefficient (Wildman–Crippen LogP) is 0.974. The fraction of sp³-hybridized carbons (Fsp3) is 0.385. The fourth-order valence-corrected chi connectivity index (χ4v) is 1.86. The Balaban J connectivity index is 2.07. The zero-order chi connectivity index (χ0) is 14.5. The van der Waals surface area contributed by atoms with Gasteiger partial charge in [-0.2, -0.15) is 0 Å². The largest absolute Gasteiger partial charge is 0.325 e. The second-order valence-electron chi connectivity index (χ2n) is 5.03. The second-order valence-corrected chi connectivity index (χ2v) is 5.03. The van der Waals surface area contributed by atoms with Gasteiger partial charge in [-0.1, -0.05) is 19.9 Å². The molecule has 0 radical (unpaired) electrons. The molecule has 0 saturated heterocycles. The van der Waals surface area contributed by atoms with Crippen LogP contribution in [0.3, 0.4) is 0 Å². The lowest BCUT2D eigenvalue weighted by molar-refractivity contribution is -0.117. The molecule has 1 atom stereocenters. The van der Waals surface area contributed by atoms with Crippen molar-refractivity contribution >= 4 is 11.6 Å². The molecule has 1 heterocycles. The van der Waals surface area contributed by atoms with E-state index in [1.807, 2.05) is 26.0 Å². The van der Waals surface area contributed by atoms with Crippen LogP contribution in [0.2, 0.25) is 0 Å². The van der Waals surface area contributed by atoms with E-state index >= 15 is 0 Å². The maximum absolute atomic E-state index is 12.0. The van der Waals surface area contributed by atoms with Crippen molar-refractivity contribution in [3.05, 3.63) is 30.6 Å². The number of aromatic nitrogens is 4. The first-order valence-corrected chi connectivity index (χ1v) is 6.46. The van der Waals surface area contributed by atoms with Crippen molar-refractivity contribution < 1.29 is 4.79 Å². The highest BCUT2D eigenvalue weighted by molar-refractivity contribution is 5.94. The van der Waals surface area contributed by atoms with Crippen LogP contribution in [0.1, 0.15) is 20.3 Å². The third-order valence-electron chi connectivity index (χ3n) is 2.79. The maximum atomic E-state index is 12.0. The van der Waals surface area contributed by atoms with E-state index in [-0.39, 0.29) is 5.91 Å². The number of nitrogens with one attached hydrogen (secondary N) is 1. The van der Waals surface area contributed by atoms with Gasteiger partial charge in [-0.15, -0.1) is 5.10 Å². The van der Waals surface area contributed by atoms with Crippen LogP contribution in [0.5, 0.6) is 0 Å². The number of amides is 1. The Morgan fingerprint density at radius 3 is 2.90 bits per heavy atom. The number of nitrogens with zero attached hydrogens (tertiary/aromatic N) is 4. The van der Waals surface area contributed by atoms with Gasteiger partial charge in [-0.05, 0) is 41.0 Å². The lowest BCUT2D eigenvalue weighted by Crippen LogP contribution is -2.36. The summed E-state index contributed by atoms with van der Waals surface area (Å²) in [6, 6.07) is 6.75. The summed E-state index contributed by atoms with van der Waals surface area (Å²) in [5.41, 5.74) is 7.29. The van der Waals surface area contributed by atoms with Gasteiger partial charge in [0.25, 0.3) is 0 Å². The molecule has 0 spiro atoms. The van der Waals surface area contributed by atoms with Gasteiger partial charge in [-0.25, -0.2) is 4.68 Å². The van der Waals surface area contributed by atoms with Gasteiger partial charge in [0.05, 0.1) is 11.7 Å². The number of hydrogen-bond donors (Lipinski definition) is 2. The molecule has 0 aliphatic rings. The Morgan fingerprint density at radius 2 is 2.25 bits per heavy atom. The van der Waals surface area contributed by atoms with E-state index in [1.54, 1.807) is 12.1 Å². The van der Waals surface area contributed by atoms with Crippen LogP contribution in [-0.2, 0) is 4.79 Å². The van der Waals surface area contributed by atoms with Crippen LogP contribution in [0.25, 0.3) is 5.69 Å². The van der Waals surface area contributed by atoms with Crippen molar-refractivity contribution in [3.8, 4) is 5.69 Å². The maximum Gasteiger partial charge on any atom is 0.241 e. The topological polar surface area (TPSA) is 98.7 Å². The number of carbonyl (C=O) groups excluding carboxylic acids is 1. The minimum atomic E-state index is -0.508. The molecule has 1 aromatic heterocycles. The van der Waals surface area contributed by atoms with Gasteiger partial charge >= 0.3 is 0 Å². The van der Waals surface area contributed by atoms with E-state index in [1.165, 1.54) is 11.0 Å². The zero-order valence-electron chi connectivity index (χ0n) is 11.5.